The molecule has 0 unspecified atom stereocenters. The van der Waals surface area contributed by atoms with E-state index in [1.54, 1.807) is 24.3 Å². The van der Waals surface area contributed by atoms with E-state index in [0.717, 1.165) is 0 Å². The SMILES string of the molecule is N#Cc1ccc(-c2cc(N)c(N)cc2F)cc1. The van der Waals surface area contributed by atoms with Crippen molar-refractivity contribution in [1.29, 1.82) is 5.26 Å². The Bertz CT molecular complexity index is 597. The number of rotatable bonds is 1. The third kappa shape index (κ3) is 2.04. The standard InChI is InChI=1S/C13H10FN3/c14-11-6-13(17)12(16)5-10(11)9-3-1-8(7-15)2-4-9/h1-6H,16-17H2. The second-order valence-corrected chi connectivity index (χ2v) is 3.65. The van der Waals surface area contributed by atoms with E-state index in [1.807, 2.05) is 6.07 Å². The number of hydrogen-bond acceptors (Lipinski definition) is 3. The number of anilines is 2. The van der Waals surface area contributed by atoms with Gasteiger partial charge in [0.1, 0.15) is 5.82 Å². The van der Waals surface area contributed by atoms with Gasteiger partial charge in [-0.3, -0.25) is 0 Å². The topological polar surface area (TPSA) is 75.8 Å². The minimum Gasteiger partial charge on any atom is -0.397 e. The predicted molar refractivity (Wildman–Crippen MR) is 65.4 cm³/mol. The molecule has 0 aliphatic rings. The molecule has 0 saturated heterocycles. The molecule has 0 amide bonds. The molecule has 84 valence electrons. The highest BCUT2D eigenvalue weighted by Gasteiger charge is 2.08. The zero-order chi connectivity index (χ0) is 12.4. The predicted octanol–water partition coefficient (Wildman–Crippen LogP) is 2.53. The molecule has 3 nitrogen and oxygen atoms in total. The van der Waals surface area contributed by atoms with E-state index < -0.39 is 5.82 Å². The lowest BCUT2D eigenvalue weighted by Gasteiger charge is -2.07. The molecule has 0 fully saturated rings. The average molecular weight is 227 g/mol. The molecule has 0 aromatic heterocycles. The summed E-state index contributed by atoms with van der Waals surface area (Å²) in [5.74, 6) is -0.429. The third-order valence-electron chi connectivity index (χ3n) is 2.50. The van der Waals surface area contributed by atoms with Crippen molar-refractivity contribution in [3.63, 3.8) is 0 Å². The summed E-state index contributed by atoms with van der Waals surface area (Å²) < 4.78 is 13.7. The van der Waals surface area contributed by atoms with Crippen LogP contribution in [0.5, 0.6) is 0 Å². The van der Waals surface area contributed by atoms with Gasteiger partial charge >= 0.3 is 0 Å². The van der Waals surface area contributed by atoms with Gasteiger partial charge in [0.05, 0.1) is 23.0 Å². The van der Waals surface area contributed by atoms with Gasteiger partial charge in [-0.15, -0.1) is 0 Å². The van der Waals surface area contributed by atoms with Crippen molar-refractivity contribution < 1.29 is 4.39 Å². The first-order valence-corrected chi connectivity index (χ1v) is 4.97. The number of hydrogen-bond donors (Lipinski definition) is 2. The molecule has 0 spiro atoms. The van der Waals surface area contributed by atoms with E-state index in [4.69, 9.17) is 16.7 Å². The fourth-order valence-electron chi connectivity index (χ4n) is 1.55. The highest BCUT2D eigenvalue weighted by atomic mass is 19.1. The van der Waals surface area contributed by atoms with Crippen molar-refractivity contribution >= 4 is 11.4 Å². The first-order chi connectivity index (χ1) is 8.11. The Kier molecular flexibility index (Phi) is 2.67. The lowest BCUT2D eigenvalue weighted by Crippen LogP contribution is -1.97. The van der Waals surface area contributed by atoms with Gasteiger partial charge in [-0.05, 0) is 29.8 Å². The first kappa shape index (κ1) is 11.0. The van der Waals surface area contributed by atoms with E-state index in [1.165, 1.54) is 12.1 Å². The highest BCUT2D eigenvalue weighted by molar-refractivity contribution is 5.75. The molecule has 0 saturated carbocycles. The lowest BCUT2D eigenvalue weighted by molar-refractivity contribution is 0.632. The summed E-state index contributed by atoms with van der Waals surface area (Å²) >= 11 is 0. The number of nitrogens with two attached hydrogens (primary N) is 2. The fourth-order valence-corrected chi connectivity index (χ4v) is 1.55. The van der Waals surface area contributed by atoms with Crippen molar-refractivity contribution in [2.75, 3.05) is 11.5 Å². The molecule has 2 rings (SSSR count). The van der Waals surface area contributed by atoms with Crippen molar-refractivity contribution in [3.05, 3.63) is 47.8 Å². The van der Waals surface area contributed by atoms with Crippen molar-refractivity contribution in [1.82, 2.24) is 0 Å². The van der Waals surface area contributed by atoms with Crippen molar-refractivity contribution in [2.24, 2.45) is 0 Å². The first-order valence-electron chi connectivity index (χ1n) is 4.97. The Labute approximate surface area is 98.1 Å². The smallest absolute Gasteiger partial charge is 0.133 e. The van der Waals surface area contributed by atoms with Crippen molar-refractivity contribution in [3.8, 4) is 17.2 Å². The van der Waals surface area contributed by atoms with E-state index in [2.05, 4.69) is 0 Å². The van der Waals surface area contributed by atoms with E-state index in [0.29, 0.717) is 22.4 Å². The van der Waals surface area contributed by atoms with Crippen LogP contribution in [0.1, 0.15) is 5.56 Å². The summed E-state index contributed by atoms with van der Waals surface area (Å²) in [5, 5.41) is 8.67. The molecule has 2 aromatic rings. The maximum absolute atomic E-state index is 13.7. The van der Waals surface area contributed by atoms with E-state index >= 15 is 0 Å². The molecule has 0 heterocycles. The quantitative estimate of drug-likeness (QED) is 0.735. The number of nitrogens with zero attached hydrogens (tertiary/aromatic N) is 1. The molecule has 0 bridgehead atoms. The van der Waals surface area contributed by atoms with Crippen LogP contribution in [0.2, 0.25) is 0 Å². The highest BCUT2D eigenvalue weighted by Crippen LogP contribution is 2.28. The normalized spacial score (nSPS) is 9.88. The fraction of sp³-hybridized carbons (Fsp3) is 0. The number of benzene rings is 2. The molecule has 4 heteroatoms. The van der Waals surface area contributed by atoms with Crippen LogP contribution < -0.4 is 11.5 Å². The molecule has 2 aromatic carbocycles. The van der Waals surface area contributed by atoms with Gasteiger partial charge in [-0.25, -0.2) is 4.39 Å². The molecule has 4 N–H and O–H groups in total. The number of halogens is 1. The third-order valence-corrected chi connectivity index (χ3v) is 2.50. The lowest BCUT2D eigenvalue weighted by atomic mass is 10.0. The van der Waals surface area contributed by atoms with Crippen LogP contribution in [0.4, 0.5) is 15.8 Å². The summed E-state index contributed by atoms with van der Waals surface area (Å²) in [4.78, 5) is 0. The summed E-state index contributed by atoms with van der Waals surface area (Å²) in [6.07, 6.45) is 0. The number of nitrogen functional groups attached to an aromatic ring is 2. The van der Waals surface area contributed by atoms with Crippen LogP contribution in [0.25, 0.3) is 11.1 Å². The van der Waals surface area contributed by atoms with Gasteiger partial charge in [0.15, 0.2) is 0 Å². The van der Waals surface area contributed by atoms with Gasteiger partial charge in [0.25, 0.3) is 0 Å². The Morgan fingerprint density at radius 3 is 2.18 bits per heavy atom. The number of nitriles is 1. The Morgan fingerprint density at radius 1 is 1.00 bits per heavy atom. The minimum absolute atomic E-state index is 0.222. The Balaban J connectivity index is 2.53. The van der Waals surface area contributed by atoms with Gasteiger partial charge < -0.3 is 11.5 Å². The zero-order valence-corrected chi connectivity index (χ0v) is 8.94. The molecule has 0 aliphatic carbocycles. The zero-order valence-electron chi connectivity index (χ0n) is 8.94. The molecule has 0 radical (unpaired) electrons. The molecular formula is C13H10FN3. The van der Waals surface area contributed by atoms with Crippen LogP contribution in [-0.2, 0) is 0 Å². The van der Waals surface area contributed by atoms with Gasteiger partial charge in [0.2, 0.25) is 0 Å². The van der Waals surface area contributed by atoms with Crippen LogP contribution in [0.15, 0.2) is 36.4 Å². The molecule has 0 aliphatic heterocycles. The molecule has 0 atom stereocenters. The van der Waals surface area contributed by atoms with Crippen LogP contribution in [0.3, 0.4) is 0 Å². The monoisotopic (exact) mass is 227 g/mol. The van der Waals surface area contributed by atoms with Crippen LogP contribution in [0, 0.1) is 17.1 Å². The second kappa shape index (κ2) is 4.14. The Morgan fingerprint density at radius 2 is 1.59 bits per heavy atom. The van der Waals surface area contributed by atoms with Gasteiger partial charge in [0, 0.05) is 5.56 Å². The summed E-state index contributed by atoms with van der Waals surface area (Å²) in [6, 6.07) is 11.3. The maximum Gasteiger partial charge on any atom is 0.133 e. The van der Waals surface area contributed by atoms with Gasteiger partial charge in [-0.2, -0.15) is 5.26 Å². The van der Waals surface area contributed by atoms with Crippen LogP contribution >= 0.6 is 0 Å². The largest absolute Gasteiger partial charge is 0.397 e. The summed E-state index contributed by atoms with van der Waals surface area (Å²) in [7, 11) is 0. The van der Waals surface area contributed by atoms with Gasteiger partial charge in [-0.1, -0.05) is 12.1 Å². The average Bonchev–Trinajstić information content (AvgIpc) is 2.34. The maximum atomic E-state index is 13.7. The van der Waals surface area contributed by atoms with Crippen LogP contribution in [-0.4, -0.2) is 0 Å². The minimum atomic E-state index is -0.429. The van der Waals surface area contributed by atoms with E-state index in [-0.39, 0.29) is 5.69 Å². The van der Waals surface area contributed by atoms with Crippen molar-refractivity contribution in [2.45, 2.75) is 0 Å². The summed E-state index contributed by atoms with van der Waals surface area (Å²) in [5.41, 5.74) is 13.3. The molecule has 17 heavy (non-hydrogen) atoms. The Hall–Kier alpha value is -2.54. The second-order valence-electron chi connectivity index (χ2n) is 3.65. The molecular weight excluding hydrogens is 217 g/mol. The van der Waals surface area contributed by atoms with E-state index in [9.17, 15) is 4.39 Å². The summed E-state index contributed by atoms with van der Waals surface area (Å²) in [6.45, 7) is 0.